The number of carbonyl (C=O) groups excluding carboxylic acids is 1. The highest BCUT2D eigenvalue weighted by molar-refractivity contribution is 7.92. The molecule has 0 radical (unpaired) electrons. The predicted molar refractivity (Wildman–Crippen MR) is 137 cm³/mol. The minimum atomic E-state index is -4.00. The molecular weight excluding hydrogens is 528 g/mol. The molecule has 1 N–H and O–H groups in total. The number of aryl methyl sites for hydroxylation is 1. The Morgan fingerprint density at radius 1 is 0.789 bits per heavy atom. The summed E-state index contributed by atoms with van der Waals surface area (Å²) in [7, 11) is -7.95. The zero-order valence-electron chi connectivity index (χ0n) is 19.9. The van der Waals surface area contributed by atoms with Crippen LogP contribution in [0.4, 0.5) is 0 Å². The molecule has 1 heterocycles. The van der Waals surface area contributed by atoms with Gasteiger partial charge in [0.1, 0.15) is 27.0 Å². The van der Waals surface area contributed by atoms with Crippen LogP contribution in [0, 0.1) is 0 Å². The molecule has 8 nitrogen and oxygen atoms in total. The summed E-state index contributed by atoms with van der Waals surface area (Å²) in [6, 6.07) is 23.4. The molecule has 0 spiro atoms. The van der Waals surface area contributed by atoms with Crippen molar-refractivity contribution in [3.63, 3.8) is 0 Å². The molecule has 0 aromatic heterocycles. The second kappa shape index (κ2) is 9.96. The topological polar surface area (TPSA) is 124 Å². The van der Waals surface area contributed by atoms with Gasteiger partial charge >= 0.3 is 6.29 Å². The number of ketones is 1. The van der Waals surface area contributed by atoms with Crippen molar-refractivity contribution in [2.45, 2.75) is 38.7 Å². The van der Waals surface area contributed by atoms with Crippen LogP contribution in [0.5, 0.6) is 17.2 Å². The van der Waals surface area contributed by atoms with Crippen molar-refractivity contribution in [2.75, 3.05) is 0 Å². The lowest BCUT2D eigenvalue weighted by atomic mass is 10.1. The normalized spacial score (nSPS) is 16.9. The quantitative estimate of drug-likeness (QED) is 0.398. The van der Waals surface area contributed by atoms with Crippen molar-refractivity contribution in [3.05, 3.63) is 103 Å². The summed E-state index contributed by atoms with van der Waals surface area (Å²) in [5, 5.41) is 9.98. The summed E-state index contributed by atoms with van der Waals surface area (Å²) in [5.74, 6) is -0.693. The van der Waals surface area contributed by atoms with Gasteiger partial charge in [0.2, 0.25) is 25.5 Å². The molecule has 0 saturated carbocycles. The van der Waals surface area contributed by atoms with Crippen molar-refractivity contribution in [1.29, 1.82) is 0 Å². The molecule has 0 fully saturated rings. The van der Waals surface area contributed by atoms with Crippen LogP contribution in [0.1, 0.15) is 12.0 Å². The van der Waals surface area contributed by atoms with Crippen molar-refractivity contribution < 1.29 is 36.2 Å². The number of fused-ring (bicyclic) bond motifs is 2. The smallest absolute Gasteiger partial charge is 0.300 e. The molecule has 1 aliphatic heterocycles. The number of aromatic hydroxyl groups is 1. The lowest BCUT2D eigenvalue weighted by Gasteiger charge is -2.23. The number of para-hydroxylation sites is 2. The summed E-state index contributed by atoms with van der Waals surface area (Å²) in [5.41, 5.74) is 0.509. The maximum absolute atomic E-state index is 13.5. The maximum Gasteiger partial charge on any atom is 0.300 e. The first kappa shape index (κ1) is 25.5. The lowest BCUT2D eigenvalue weighted by Crippen LogP contribution is -2.34. The second-order valence-electron chi connectivity index (χ2n) is 8.53. The van der Waals surface area contributed by atoms with E-state index in [2.05, 4.69) is 0 Å². The highest BCUT2D eigenvalue weighted by Gasteiger charge is 2.31. The molecular formula is C28H22O8S2. The highest BCUT2D eigenvalue weighted by atomic mass is 32.2. The van der Waals surface area contributed by atoms with E-state index in [1.165, 1.54) is 66.7 Å². The minimum absolute atomic E-state index is 0.0405. The van der Waals surface area contributed by atoms with Crippen molar-refractivity contribution in [3.8, 4) is 17.2 Å². The molecule has 4 aromatic carbocycles. The van der Waals surface area contributed by atoms with Gasteiger partial charge in [-0.05, 0) is 66.6 Å². The van der Waals surface area contributed by atoms with Crippen LogP contribution in [-0.2, 0) is 30.9 Å². The number of sulfone groups is 2. The first-order valence-corrected chi connectivity index (χ1v) is 14.6. The number of carbonyl (C=O) groups is 1. The van der Waals surface area contributed by atoms with E-state index in [1.807, 2.05) is 0 Å². The molecule has 1 aliphatic rings. The van der Waals surface area contributed by atoms with E-state index < -0.39 is 31.7 Å². The van der Waals surface area contributed by atoms with Gasteiger partial charge in [0.05, 0.1) is 9.79 Å². The van der Waals surface area contributed by atoms with E-state index >= 15 is 0 Å². The van der Waals surface area contributed by atoms with E-state index in [9.17, 15) is 26.7 Å². The summed E-state index contributed by atoms with van der Waals surface area (Å²) >= 11 is 0. The molecule has 194 valence electrons. The third-order valence-electron chi connectivity index (χ3n) is 6.07. The number of phenols is 1. The van der Waals surface area contributed by atoms with E-state index in [1.54, 1.807) is 30.3 Å². The summed E-state index contributed by atoms with van der Waals surface area (Å²) < 4.78 is 64.4. The summed E-state index contributed by atoms with van der Waals surface area (Å²) in [4.78, 5) is 12.8. The molecule has 0 aliphatic carbocycles. The number of hydrogen-bond acceptors (Lipinski definition) is 8. The van der Waals surface area contributed by atoms with Gasteiger partial charge in [0, 0.05) is 6.42 Å². The van der Waals surface area contributed by atoms with Crippen molar-refractivity contribution in [2.24, 2.45) is 0 Å². The SMILES string of the molecule is O=C1CCc2ccccc2S(=O)(=O)c2ccccc2OC1Oc1ccc(S(=O)(=O)c2ccccc2O)cc1. The monoisotopic (exact) mass is 550 g/mol. The zero-order valence-corrected chi connectivity index (χ0v) is 21.5. The fraction of sp³-hybridized carbons (Fsp3) is 0.107. The Bertz CT molecular complexity index is 1730. The highest BCUT2D eigenvalue weighted by Crippen LogP contribution is 2.34. The summed E-state index contributed by atoms with van der Waals surface area (Å²) in [6.07, 6.45) is -1.35. The molecule has 0 saturated heterocycles. The van der Waals surface area contributed by atoms with Gasteiger partial charge in [-0.3, -0.25) is 4.79 Å². The Balaban J connectivity index is 1.47. The van der Waals surface area contributed by atoms with Gasteiger partial charge in [0.25, 0.3) is 0 Å². The van der Waals surface area contributed by atoms with Crippen LogP contribution < -0.4 is 9.47 Å². The Hall–Kier alpha value is -4.15. The van der Waals surface area contributed by atoms with E-state index in [0.717, 1.165) is 0 Å². The average Bonchev–Trinajstić information content (AvgIpc) is 2.92. The molecule has 10 heteroatoms. The van der Waals surface area contributed by atoms with Gasteiger partial charge < -0.3 is 14.6 Å². The van der Waals surface area contributed by atoms with Crippen LogP contribution >= 0.6 is 0 Å². The standard InChI is InChI=1S/C28H22O8S2/c29-22-8-2-5-11-26(22)37(31,32)21-16-14-20(15-17-21)35-28-23(30)18-13-19-7-1-4-10-25(19)38(33,34)27-12-6-3-9-24(27)36-28/h1-12,14-17,28-29H,13,18H2. The fourth-order valence-electron chi connectivity index (χ4n) is 4.14. The van der Waals surface area contributed by atoms with Crippen LogP contribution in [0.3, 0.4) is 0 Å². The number of hydrogen-bond donors (Lipinski definition) is 1. The largest absolute Gasteiger partial charge is 0.507 e. The first-order valence-electron chi connectivity index (χ1n) is 11.6. The van der Waals surface area contributed by atoms with Gasteiger partial charge in [-0.25, -0.2) is 16.8 Å². The Kier molecular flexibility index (Phi) is 6.68. The summed E-state index contributed by atoms with van der Waals surface area (Å²) in [6.45, 7) is 0. The van der Waals surface area contributed by atoms with Crippen LogP contribution in [-0.4, -0.2) is 34.0 Å². The molecule has 38 heavy (non-hydrogen) atoms. The number of ether oxygens (including phenoxy) is 2. The van der Waals surface area contributed by atoms with Crippen molar-refractivity contribution in [1.82, 2.24) is 0 Å². The van der Waals surface area contributed by atoms with Crippen LogP contribution in [0.2, 0.25) is 0 Å². The molecule has 1 atom stereocenters. The van der Waals surface area contributed by atoms with Gasteiger partial charge in [-0.15, -0.1) is 0 Å². The first-order chi connectivity index (χ1) is 18.2. The van der Waals surface area contributed by atoms with Crippen LogP contribution in [0.15, 0.2) is 117 Å². The van der Waals surface area contributed by atoms with Crippen LogP contribution in [0.25, 0.3) is 0 Å². The number of Topliss-reactive ketones (excluding diaryl/α,β-unsaturated/α-hetero) is 1. The number of benzene rings is 4. The third-order valence-corrected chi connectivity index (χ3v) is 9.78. The molecule has 4 aromatic rings. The second-order valence-corrected chi connectivity index (χ2v) is 12.3. The number of phenolic OH excluding ortho intramolecular Hbond substituents is 1. The van der Waals surface area contributed by atoms with E-state index in [4.69, 9.17) is 9.47 Å². The molecule has 0 bridgehead atoms. The third kappa shape index (κ3) is 4.75. The average molecular weight is 551 g/mol. The van der Waals surface area contributed by atoms with Gasteiger partial charge in [-0.2, -0.15) is 0 Å². The van der Waals surface area contributed by atoms with Gasteiger partial charge in [-0.1, -0.05) is 42.5 Å². The Labute approximate surface area is 219 Å². The van der Waals surface area contributed by atoms with Crippen molar-refractivity contribution >= 4 is 25.5 Å². The predicted octanol–water partition coefficient (Wildman–Crippen LogP) is 4.36. The lowest BCUT2D eigenvalue weighted by molar-refractivity contribution is -0.138. The Morgan fingerprint density at radius 3 is 2.16 bits per heavy atom. The molecule has 1 unspecified atom stereocenters. The molecule has 0 amide bonds. The van der Waals surface area contributed by atoms with E-state index in [-0.39, 0.29) is 49.7 Å². The van der Waals surface area contributed by atoms with E-state index in [0.29, 0.717) is 5.56 Å². The maximum atomic E-state index is 13.5. The molecule has 5 rings (SSSR count). The minimum Gasteiger partial charge on any atom is -0.507 e. The van der Waals surface area contributed by atoms with Gasteiger partial charge in [0.15, 0.2) is 0 Å². The fourth-order valence-corrected chi connectivity index (χ4v) is 7.14. The zero-order chi connectivity index (χ0) is 26.9. The Morgan fingerprint density at radius 2 is 1.42 bits per heavy atom. The number of rotatable bonds is 4.